The molecule has 1 aliphatic carbocycles. The molecule has 1 aromatic carbocycles. The smallest absolute Gasteiger partial charge is 0.223 e. The summed E-state index contributed by atoms with van der Waals surface area (Å²) in [5.41, 5.74) is 7.20. The fraction of sp³-hybridized carbons (Fsp3) is 0.650. The fourth-order valence-electron chi connectivity index (χ4n) is 4.26. The van der Waals surface area contributed by atoms with E-state index in [9.17, 15) is 9.90 Å². The minimum Gasteiger partial charge on any atom is -0.508 e. The Morgan fingerprint density at radius 1 is 1.07 bits per heavy atom. The Kier molecular flexibility index (Phi) is 9.88. The lowest BCUT2D eigenvalue weighted by Gasteiger charge is -2.39. The summed E-state index contributed by atoms with van der Waals surface area (Å²) >= 11 is 0. The van der Waals surface area contributed by atoms with Crippen molar-refractivity contribution < 1.29 is 9.90 Å². The Hall–Kier alpha value is -1.01. The molecule has 5 nitrogen and oxygen atoms in total. The van der Waals surface area contributed by atoms with E-state index in [0.717, 1.165) is 51.1 Å². The second kappa shape index (κ2) is 11.1. The number of rotatable bonds is 5. The molecule has 1 amide bonds. The highest BCUT2D eigenvalue weighted by molar-refractivity contribution is 5.85. The maximum atomic E-state index is 12.8. The summed E-state index contributed by atoms with van der Waals surface area (Å²) in [6.07, 6.45) is 6.53. The molecule has 1 aromatic rings. The van der Waals surface area contributed by atoms with Crippen molar-refractivity contribution in [1.82, 2.24) is 9.80 Å². The normalized spacial score (nSPS) is 19.7. The van der Waals surface area contributed by atoms with Gasteiger partial charge in [-0.3, -0.25) is 9.69 Å². The molecule has 0 atom stereocenters. The molecule has 2 fully saturated rings. The molecule has 7 heteroatoms. The van der Waals surface area contributed by atoms with Crippen LogP contribution in [0.3, 0.4) is 0 Å². The van der Waals surface area contributed by atoms with Gasteiger partial charge in [0.1, 0.15) is 5.75 Å². The third-order valence-electron chi connectivity index (χ3n) is 5.92. The summed E-state index contributed by atoms with van der Waals surface area (Å²) < 4.78 is 0. The highest BCUT2D eigenvalue weighted by atomic mass is 35.5. The summed E-state index contributed by atoms with van der Waals surface area (Å²) in [6.45, 7) is 4.81. The Balaban J connectivity index is 0.00000182. The summed E-state index contributed by atoms with van der Waals surface area (Å²) in [5.74, 6) is 0.593. The van der Waals surface area contributed by atoms with Crippen LogP contribution in [0.5, 0.6) is 5.75 Å². The SMILES string of the molecule is Cl.Cl.NCC1(CC(=O)N2CCN(Cc3cccc(O)c3)CC2)CCCCC1. The van der Waals surface area contributed by atoms with E-state index in [2.05, 4.69) is 4.90 Å². The molecule has 1 saturated carbocycles. The second-order valence-electron chi connectivity index (χ2n) is 7.77. The Morgan fingerprint density at radius 2 is 1.74 bits per heavy atom. The number of piperazine rings is 1. The van der Waals surface area contributed by atoms with Gasteiger partial charge in [-0.2, -0.15) is 0 Å². The number of nitrogens with zero attached hydrogens (tertiary/aromatic N) is 2. The van der Waals surface area contributed by atoms with E-state index < -0.39 is 0 Å². The molecule has 154 valence electrons. The summed E-state index contributed by atoms with van der Waals surface area (Å²) in [6, 6.07) is 7.41. The Labute approximate surface area is 175 Å². The van der Waals surface area contributed by atoms with Gasteiger partial charge in [-0.05, 0) is 42.5 Å². The zero-order valence-electron chi connectivity index (χ0n) is 15.9. The van der Waals surface area contributed by atoms with Crippen molar-refractivity contribution >= 4 is 30.7 Å². The average Bonchev–Trinajstić information content (AvgIpc) is 2.63. The molecular weight excluding hydrogens is 385 g/mol. The standard InChI is InChI=1S/C20H31N3O2.2ClH/c21-16-20(7-2-1-3-8-20)14-19(25)23-11-9-22(10-12-23)15-17-5-4-6-18(24)13-17;;/h4-6,13,24H,1-3,7-12,14-16,21H2;2*1H. The van der Waals surface area contributed by atoms with E-state index in [1.165, 1.54) is 19.3 Å². The number of hydrogen-bond acceptors (Lipinski definition) is 4. The number of phenols is 1. The number of phenolic OH excluding ortho intramolecular Hbond substituents is 1. The van der Waals surface area contributed by atoms with E-state index in [4.69, 9.17) is 5.73 Å². The number of amides is 1. The van der Waals surface area contributed by atoms with Gasteiger partial charge in [0, 0.05) is 39.1 Å². The maximum absolute atomic E-state index is 12.8. The van der Waals surface area contributed by atoms with Crippen molar-refractivity contribution in [2.75, 3.05) is 32.7 Å². The lowest BCUT2D eigenvalue weighted by Crippen LogP contribution is -2.50. The van der Waals surface area contributed by atoms with Crippen molar-refractivity contribution in [3.63, 3.8) is 0 Å². The maximum Gasteiger partial charge on any atom is 0.223 e. The number of aromatic hydroxyl groups is 1. The largest absolute Gasteiger partial charge is 0.508 e. The van der Waals surface area contributed by atoms with Crippen LogP contribution in [-0.4, -0.2) is 53.5 Å². The van der Waals surface area contributed by atoms with Gasteiger partial charge in [0.25, 0.3) is 0 Å². The summed E-state index contributed by atoms with van der Waals surface area (Å²) in [7, 11) is 0. The van der Waals surface area contributed by atoms with E-state index in [1.54, 1.807) is 6.07 Å². The van der Waals surface area contributed by atoms with Gasteiger partial charge in [-0.1, -0.05) is 31.4 Å². The highest BCUT2D eigenvalue weighted by Crippen LogP contribution is 2.38. The Morgan fingerprint density at radius 3 is 2.33 bits per heavy atom. The molecule has 0 aromatic heterocycles. The molecule has 0 spiro atoms. The second-order valence-corrected chi connectivity index (χ2v) is 7.77. The van der Waals surface area contributed by atoms with Gasteiger partial charge >= 0.3 is 0 Å². The van der Waals surface area contributed by atoms with Crippen LogP contribution in [0.2, 0.25) is 0 Å². The van der Waals surface area contributed by atoms with Crippen LogP contribution in [0.4, 0.5) is 0 Å². The first-order chi connectivity index (χ1) is 12.1. The van der Waals surface area contributed by atoms with Gasteiger partial charge in [0.15, 0.2) is 0 Å². The van der Waals surface area contributed by atoms with Crippen LogP contribution in [0.15, 0.2) is 24.3 Å². The molecule has 3 N–H and O–H groups in total. The minimum absolute atomic E-state index is 0. The van der Waals surface area contributed by atoms with Crippen molar-refractivity contribution in [3.8, 4) is 5.75 Å². The van der Waals surface area contributed by atoms with Gasteiger partial charge < -0.3 is 15.7 Å². The van der Waals surface area contributed by atoms with Crippen LogP contribution in [0.1, 0.15) is 44.1 Å². The number of benzene rings is 1. The summed E-state index contributed by atoms with van der Waals surface area (Å²) in [4.78, 5) is 17.1. The first-order valence-electron chi connectivity index (χ1n) is 9.58. The van der Waals surface area contributed by atoms with Crippen molar-refractivity contribution in [3.05, 3.63) is 29.8 Å². The van der Waals surface area contributed by atoms with Crippen molar-refractivity contribution in [2.24, 2.45) is 11.1 Å². The van der Waals surface area contributed by atoms with Gasteiger partial charge in [-0.15, -0.1) is 24.8 Å². The molecule has 0 radical (unpaired) electrons. The van der Waals surface area contributed by atoms with Crippen LogP contribution >= 0.6 is 24.8 Å². The quantitative estimate of drug-likeness (QED) is 0.771. The fourth-order valence-corrected chi connectivity index (χ4v) is 4.26. The molecular formula is C20H33Cl2N3O2. The van der Waals surface area contributed by atoms with Gasteiger partial charge in [0.2, 0.25) is 5.91 Å². The number of hydrogen-bond donors (Lipinski definition) is 2. The number of nitrogens with two attached hydrogens (primary N) is 1. The molecule has 27 heavy (non-hydrogen) atoms. The molecule has 1 aliphatic heterocycles. The minimum atomic E-state index is 0. The van der Waals surface area contributed by atoms with Crippen LogP contribution < -0.4 is 5.73 Å². The third kappa shape index (κ3) is 6.53. The van der Waals surface area contributed by atoms with Crippen LogP contribution in [0.25, 0.3) is 0 Å². The van der Waals surface area contributed by atoms with Crippen LogP contribution in [-0.2, 0) is 11.3 Å². The lowest BCUT2D eigenvalue weighted by atomic mass is 9.71. The predicted molar refractivity (Wildman–Crippen MR) is 114 cm³/mol. The average molecular weight is 418 g/mol. The molecule has 3 rings (SSSR count). The monoisotopic (exact) mass is 417 g/mol. The molecule has 2 aliphatic rings. The van der Waals surface area contributed by atoms with Gasteiger partial charge in [0.05, 0.1) is 0 Å². The topological polar surface area (TPSA) is 69.8 Å². The van der Waals surface area contributed by atoms with E-state index in [-0.39, 0.29) is 36.1 Å². The van der Waals surface area contributed by atoms with E-state index >= 15 is 0 Å². The molecule has 1 heterocycles. The first kappa shape index (κ1) is 24.0. The highest BCUT2D eigenvalue weighted by Gasteiger charge is 2.35. The molecule has 0 bridgehead atoms. The Bertz CT molecular complexity index is 586. The number of halogens is 2. The number of carbonyl (C=O) groups is 1. The van der Waals surface area contributed by atoms with Gasteiger partial charge in [-0.25, -0.2) is 0 Å². The van der Waals surface area contributed by atoms with Crippen molar-refractivity contribution in [1.29, 1.82) is 0 Å². The zero-order chi connectivity index (χ0) is 17.7. The lowest BCUT2D eigenvalue weighted by molar-refractivity contribution is -0.136. The van der Waals surface area contributed by atoms with E-state index in [0.29, 0.717) is 18.7 Å². The third-order valence-corrected chi connectivity index (χ3v) is 5.92. The summed E-state index contributed by atoms with van der Waals surface area (Å²) in [5, 5.41) is 9.58. The number of carbonyl (C=O) groups excluding carboxylic acids is 1. The predicted octanol–water partition coefficient (Wildman–Crippen LogP) is 3.18. The zero-order valence-corrected chi connectivity index (χ0v) is 17.6. The first-order valence-corrected chi connectivity index (χ1v) is 9.58. The molecule has 0 unspecified atom stereocenters. The van der Waals surface area contributed by atoms with E-state index in [1.807, 2.05) is 23.1 Å². The van der Waals surface area contributed by atoms with Crippen molar-refractivity contribution in [2.45, 2.75) is 45.1 Å². The van der Waals surface area contributed by atoms with Crippen LogP contribution in [0, 0.1) is 5.41 Å². The molecule has 1 saturated heterocycles.